The van der Waals surface area contributed by atoms with Crippen LogP contribution in [0.25, 0.3) is 0 Å². The van der Waals surface area contributed by atoms with Gasteiger partial charge in [0.25, 0.3) is 5.91 Å². The van der Waals surface area contributed by atoms with Crippen molar-refractivity contribution in [3.63, 3.8) is 0 Å². The minimum Gasteiger partial charge on any atom is -0.490 e. The second-order valence-corrected chi connectivity index (χ2v) is 7.13. The quantitative estimate of drug-likeness (QED) is 0.873. The van der Waals surface area contributed by atoms with Crippen LogP contribution >= 0.6 is 0 Å². The minimum absolute atomic E-state index is 0.0301. The Morgan fingerprint density at radius 2 is 1.86 bits per heavy atom. The predicted octanol–water partition coefficient (Wildman–Crippen LogP) is 2.53. The van der Waals surface area contributed by atoms with Gasteiger partial charge >= 0.3 is 5.97 Å². The van der Waals surface area contributed by atoms with Gasteiger partial charge in [-0.1, -0.05) is 0 Å². The van der Waals surface area contributed by atoms with Gasteiger partial charge in [0.05, 0.1) is 31.1 Å². The van der Waals surface area contributed by atoms with Crippen molar-refractivity contribution in [2.75, 3.05) is 26.3 Å². The summed E-state index contributed by atoms with van der Waals surface area (Å²) in [6.45, 7) is 4.16. The molecule has 0 spiro atoms. The van der Waals surface area contributed by atoms with Crippen molar-refractivity contribution in [2.45, 2.75) is 32.2 Å². The standard InChI is InChI=1S/C20H23N3O5/c1-13-16(20(25)26)12-21-23(13)15-5-7-22(8-6-15)19(24)14-3-4-17-18(11-14)28-10-2-9-27-17/h3-4,11-12,15H,2,5-10H2,1H3,(H,25,26). The molecular formula is C20H23N3O5. The first-order chi connectivity index (χ1) is 13.5. The average Bonchev–Trinajstić information content (AvgIpc) is 2.94. The van der Waals surface area contributed by atoms with Crippen LogP contribution in [-0.2, 0) is 0 Å². The Hall–Kier alpha value is -3.03. The van der Waals surface area contributed by atoms with Crippen molar-refractivity contribution in [1.82, 2.24) is 14.7 Å². The second-order valence-electron chi connectivity index (χ2n) is 7.13. The molecule has 0 aliphatic carbocycles. The number of aromatic nitrogens is 2. The zero-order chi connectivity index (χ0) is 19.7. The summed E-state index contributed by atoms with van der Waals surface area (Å²) in [7, 11) is 0. The van der Waals surface area contributed by atoms with Crippen LogP contribution < -0.4 is 9.47 Å². The number of carbonyl (C=O) groups excluding carboxylic acids is 1. The first-order valence-corrected chi connectivity index (χ1v) is 9.51. The molecule has 1 saturated heterocycles. The normalized spacial score (nSPS) is 17.2. The third-order valence-electron chi connectivity index (χ3n) is 5.37. The van der Waals surface area contributed by atoms with Crippen LogP contribution in [0.4, 0.5) is 0 Å². The molecular weight excluding hydrogens is 362 g/mol. The van der Waals surface area contributed by atoms with Crippen LogP contribution in [0.3, 0.4) is 0 Å². The fourth-order valence-corrected chi connectivity index (χ4v) is 3.79. The van der Waals surface area contributed by atoms with Crippen molar-refractivity contribution < 1.29 is 24.2 Å². The van der Waals surface area contributed by atoms with Gasteiger partial charge in [-0.05, 0) is 38.0 Å². The molecule has 1 aromatic heterocycles. The molecule has 0 bridgehead atoms. The molecule has 1 aromatic carbocycles. The Labute approximate surface area is 162 Å². The first-order valence-electron chi connectivity index (χ1n) is 9.51. The number of ether oxygens (including phenoxy) is 2. The van der Waals surface area contributed by atoms with E-state index in [9.17, 15) is 14.7 Å². The second kappa shape index (κ2) is 7.53. The van der Waals surface area contributed by atoms with E-state index in [1.165, 1.54) is 6.20 Å². The molecule has 8 heteroatoms. The molecule has 1 N–H and O–H groups in total. The highest BCUT2D eigenvalue weighted by Crippen LogP contribution is 2.32. The Kier molecular flexibility index (Phi) is 4.93. The van der Waals surface area contributed by atoms with Crippen molar-refractivity contribution in [3.8, 4) is 11.5 Å². The first kappa shape index (κ1) is 18.3. The highest BCUT2D eigenvalue weighted by molar-refractivity contribution is 5.95. The van der Waals surface area contributed by atoms with Crippen LogP contribution in [0.15, 0.2) is 24.4 Å². The summed E-state index contributed by atoms with van der Waals surface area (Å²) in [5, 5.41) is 13.4. The molecule has 1 amide bonds. The summed E-state index contributed by atoms with van der Waals surface area (Å²) in [6, 6.07) is 5.42. The third kappa shape index (κ3) is 3.42. The van der Waals surface area contributed by atoms with Crippen LogP contribution in [-0.4, -0.2) is 58.0 Å². The number of carbonyl (C=O) groups is 2. The van der Waals surface area contributed by atoms with Gasteiger partial charge in [-0.3, -0.25) is 9.48 Å². The van der Waals surface area contributed by atoms with E-state index >= 15 is 0 Å². The molecule has 4 rings (SSSR count). The van der Waals surface area contributed by atoms with Gasteiger partial charge in [0.2, 0.25) is 0 Å². The number of likely N-dealkylation sites (tertiary alicyclic amines) is 1. The van der Waals surface area contributed by atoms with Crippen LogP contribution in [0.5, 0.6) is 11.5 Å². The van der Waals surface area contributed by atoms with E-state index in [2.05, 4.69) is 5.10 Å². The van der Waals surface area contributed by atoms with Gasteiger partial charge in [-0.15, -0.1) is 0 Å². The molecule has 0 atom stereocenters. The van der Waals surface area contributed by atoms with E-state index in [0.717, 1.165) is 19.3 Å². The number of fused-ring (bicyclic) bond motifs is 1. The Morgan fingerprint density at radius 3 is 2.54 bits per heavy atom. The molecule has 0 unspecified atom stereocenters. The molecule has 28 heavy (non-hydrogen) atoms. The molecule has 1 fully saturated rings. The third-order valence-corrected chi connectivity index (χ3v) is 5.37. The summed E-state index contributed by atoms with van der Waals surface area (Å²) in [5.41, 5.74) is 1.47. The van der Waals surface area contributed by atoms with E-state index in [4.69, 9.17) is 9.47 Å². The average molecular weight is 385 g/mol. The summed E-state index contributed by atoms with van der Waals surface area (Å²) in [4.78, 5) is 25.9. The van der Waals surface area contributed by atoms with E-state index in [1.54, 1.807) is 29.8 Å². The summed E-state index contributed by atoms with van der Waals surface area (Å²) >= 11 is 0. The molecule has 2 aromatic rings. The van der Waals surface area contributed by atoms with Gasteiger partial charge in [0, 0.05) is 25.1 Å². The Morgan fingerprint density at radius 1 is 1.14 bits per heavy atom. The van der Waals surface area contributed by atoms with E-state index in [-0.39, 0.29) is 17.5 Å². The van der Waals surface area contributed by atoms with Crippen molar-refractivity contribution >= 4 is 11.9 Å². The number of nitrogens with zero attached hydrogens (tertiary/aromatic N) is 3. The highest BCUT2D eigenvalue weighted by Gasteiger charge is 2.27. The molecule has 3 heterocycles. The number of rotatable bonds is 3. The molecule has 148 valence electrons. The van der Waals surface area contributed by atoms with Gasteiger partial charge in [0.1, 0.15) is 5.56 Å². The summed E-state index contributed by atoms with van der Waals surface area (Å²) < 4.78 is 13.1. The van der Waals surface area contributed by atoms with Crippen molar-refractivity contribution in [3.05, 3.63) is 41.2 Å². The zero-order valence-electron chi connectivity index (χ0n) is 15.8. The van der Waals surface area contributed by atoms with E-state index in [0.29, 0.717) is 49.1 Å². The predicted molar refractivity (Wildman–Crippen MR) is 100 cm³/mol. The largest absolute Gasteiger partial charge is 0.490 e. The molecule has 2 aliphatic rings. The lowest BCUT2D eigenvalue weighted by Gasteiger charge is -2.32. The zero-order valence-corrected chi connectivity index (χ0v) is 15.8. The Balaban J connectivity index is 1.43. The number of carboxylic acids is 1. The van der Waals surface area contributed by atoms with Gasteiger partial charge in [-0.25, -0.2) is 4.79 Å². The fourth-order valence-electron chi connectivity index (χ4n) is 3.79. The van der Waals surface area contributed by atoms with Gasteiger partial charge in [0.15, 0.2) is 11.5 Å². The van der Waals surface area contributed by atoms with Crippen LogP contribution in [0, 0.1) is 6.92 Å². The summed E-state index contributed by atoms with van der Waals surface area (Å²) in [6.07, 6.45) is 3.69. The maximum atomic E-state index is 12.9. The molecule has 0 saturated carbocycles. The number of benzene rings is 1. The maximum Gasteiger partial charge on any atom is 0.339 e. The SMILES string of the molecule is Cc1c(C(=O)O)cnn1C1CCN(C(=O)c2ccc3c(c2)OCCCO3)CC1. The number of hydrogen-bond acceptors (Lipinski definition) is 5. The lowest BCUT2D eigenvalue weighted by atomic mass is 10.0. The molecule has 8 nitrogen and oxygen atoms in total. The topological polar surface area (TPSA) is 93.9 Å². The number of carboxylic acid groups (broad SMARTS) is 1. The van der Waals surface area contributed by atoms with Crippen LogP contribution in [0.1, 0.15) is 51.7 Å². The number of amides is 1. The Bertz CT molecular complexity index is 899. The van der Waals surface area contributed by atoms with Crippen molar-refractivity contribution in [2.24, 2.45) is 0 Å². The molecule has 0 radical (unpaired) electrons. The van der Waals surface area contributed by atoms with Crippen LogP contribution in [0.2, 0.25) is 0 Å². The minimum atomic E-state index is -0.967. The van der Waals surface area contributed by atoms with Gasteiger partial charge < -0.3 is 19.5 Å². The highest BCUT2D eigenvalue weighted by atomic mass is 16.5. The number of hydrogen-bond donors (Lipinski definition) is 1. The van der Waals surface area contributed by atoms with Crippen molar-refractivity contribution in [1.29, 1.82) is 0 Å². The maximum absolute atomic E-state index is 12.9. The monoisotopic (exact) mass is 385 g/mol. The number of piperidine rings is 1. The van der Waals surface area contributed by atoms with E-state index in [1.807, 2.05) is 4.90 Å². The van der Waals surface area contributed by atoms with Gasteiger partial charge in [-0.2, -0.15) is 5.10 Å². The lowest BCUT2D eigenvalue weighted by Crippen LogP contribution is -2.39. The summed E-state index contributed by atoms with van der Waals surface area (Å²) in [5.74, 6) is 0.297. The number of aromatic carboxylic acids is 1. The molecule has 2 aliphatic heterocycles. The lowest BCUT2D eigenvalue weighted by molar-refractivity contribution is 0.0687. The smallest absolute Gasteiger partial charge is 0.339 e. The van der Waals surface area contributed by atoms with E-state index < -0.39 is 5.97 Å². The fraction of sp³-hybridized carbons (Fsp3) is 0.450.